The molecule has 0 saturated heterocycles. The van der Waals surface area contributed by atoms with Crippen LogP contribution < -0.4 is 15.4 Å². The monoisotopic (exact) mass is 370 g/mol. The lowest BCUT2D eigenvalue weighted by Gasteiger charge is -2.19. The maximum Gasteiger partial charge on any atom is 0.262 e. The molecule has 3 aromatic rings. The molecule has 2 heterocycles. The van der Waals surface area contributed by atoms with E-state index in [2.05, 4.69) is 20.6 Å². The molecule has 26 heavy (non-hydrogen) atoms. The van der Waals surface area contributed by atoms with Crippen LogP contribution >= 0.6 is 11.6 Å². The van der Waals surface area contributed by atoms with Crippen LogP contribution in [0.3, 0.4) is 0 Å². The van der Waals surface area contributed by atoms with Crippen molar-refractivity contribution in [3.8, 4) is 16.9 Å². The molecule has 0 radical (unpaired) electrons. The quantitative estimate of drug-likeness (QED) is 0.681. The van der Waals surface area contributed by atoms with Crippen LogP contribution in [-0.4, -0.2) is 22.5 Å². The van der Waals surface area contributed by atoms with Gasteiger partial charge < -0.3 is 15.4 Å². The number of para-hydroxylation sites is 1. The van der Waals surface area contributed by atoms with Crippen molar-refractivity contribution in [1.82, 2.24) is 9.97 Å². The maximum atomic E-state index is 13.9. The molecule has 8 heteroatoms. The number of amides is 1. The summed E-state index contributed by atoms with van der Waals surface area (Å²) in [6.07, 6.45) is 1.01. The number of nitrogens with one attached hydrogen (secondary N) is 2. The van der Waals surface area contributed by atoms with E-state index in [1.54, 1.807) is 18.2 Å². The average Bonchev–Trinajstić information content (AvgIpc) is 2.64. The molecule has 130 valence electrons. The Morgan fingerprint density at radius 1 is 1.23 bits per heavy atom. The smallest absolute Gasteiger partial charge is 0.262 e. The van der Waals surface area contributed by atoms with Crippen LogP contribution in [0.15, 0.2) is 48.7 Å². The molecular weight excluding hydrogens is 359 g/mol. The van der Waals surface area contributed by atoms with Gasteiger partial charge in [0.2, 0.25) is 5.28 Å². The summed E-state index contributed by atoms with van der Waals surface area (Å²) in [6, 6.07) is 12.8. The molecule has 1 amide bonds. The first-order chi connectivity index (χ1) is 12.6. The molecule has 0 fully saturated rings. The zero-order valence-electron chi connectivity index (χ0n) is 13.3. The van der Waals surface area contributed by atoms with Gasteiger partial charge in [0.15, 0.2) is 18.2 Å². The molecular formula is C18H12ClFN4O2. The summed E-state index contributed by atoms with van der Waals surface area (Å²) in [5.74, 6) is -0.242. The van der Waals surface area contributed by atoms with E-state index in [1.165, 1.54) is 0 Å². The van der Waals surface area contributed by atoms with Crippen LogP contribution in [0.1, 0.15) is 0 Å². The van der Waals surface area contributed by atoms with Crippen molar-refractivity contribution in [2.24, 2.45) is 0 Å². The molecule has 0 saturated carbocycles. The third-order valence-electron chi connectivity index (χ3n) is 3.82. The number of aromatic nitrogens is 2. The van der Waals surface area contributed by atoms with Crippen molar-refractivity contribution in [1.29, 1.82) is 0 Å². The lowest BCUT2D eigenvalue weighted by Crippen LogP contribution is -2.25. The second-order valence-corrected chi connectivity index (χ2v) is 5.89. The van der Waals surface area contributed by atoms with Crippen LogP contribution in [0.25, 0.3) is 11.1 Å². The molecule has 2 N–H and O–H groups in total. The van der Waals surface area contributed by atoms with Crippen molar-refractivity contribution in [2.45, 2.75) is 0 Å². The Morgan fingerprint density at radius 2 is 2.08 bits per heavy atom. The first kappa shape index (κ1) is 16.3. The fraction of sp³-hybridized carbons (Fsp3) is 0.0556. The van der Waals surface area contributed by atoms with Crippen molar-refractivity contribution >= 4 is 34.7 Å². The fourth-order valence-electron chi connectivity index (χ4n) is 2.66. The van der Waals surface area contributed by atoms with Gasteiger partial charge in [-0.05, 0) is 35.4 Å². The molecule has 0 aliphatic carbocycles. The Bertz CT molecular complexity index is 1010. The maximum absolute atomic E-state index is 13.9. The summed E-state index contributed by atoms with van der Waals surface area (Å²) in [5, 5.41) is 5.66. The first-order valence-corrected chi connectivity index (χ1v) is 8.09. The minimum Gasteiger partial charge on any atom is -0.482 e. The molecule has 1 aliphatic rings. The number of hydrogen-bond donors (Lipinski definition) is 2. The lowest BCUT2D eigenvalue weighted by atomic mass is 10.0. The SMILES string of the molecule is O=C1COc2ccc(-c3ccccc3Nc3nc(Cl)ncc3F)cc2N1. The molecule has 4 rings (SSSR count). The van der Waals surface area contributed by atoms with Gasteiger partial charge in [-0.2, -0.15) is 4.98 Å². The molecule has 6 nitrogen and oxygen atoms in total. The Kier molecular flexibility index (Phi) is 4.14. The van der Waals surface area contributed by atoms with E-state index in [9.17, 15) is 9.18 Å². The van der Waals surface area contributed by atoms with Crippen molar-refractivity contribution in [3.63, 3.8) is 0 Å². The largest absolute Gasteiger partial charge is 0.482 e. The van der Waals surface area contributed by atoms with Crippen molar-refractivity contribution in [3.05, 3.63) is 59.8 Å². The Morgan fingerprint density at radius 3 is 2.96 bits per heavy atom. The number of fused-ring (bicyclic) bond motifs is 1. The van der Waals surface area contributed by atoms with E-state index in [0.29, 0.717) is 17.1 Å². The van der Waals surface area contributed by atoms with Gasteiger partial charge in [0.1, 0.15) is 5.75 Å². The summed E-state index contributed by atoms with van der Waals surface area (Å²) in [4.78, 5) is 19.0. The summed E-state index contributed by atoms with van der Waals surface area (Å²) in [7, 11) is 0. The fourth-order valence-corrected chi connectivity index (χ4v) is 2.79. The highest BCUT2D eigenvalue weighted by molar-refractivity contribution is 6.28. The summed E-state index contributed by atoms with van der Waals surface area (Å²) >= 11 is 5.75. The van der Waals surface area contributed by atoms with E-state index in [1.807, 2.05) is 24.3 Å². The molecule has 0 atom stereocenters. The van der Waals surface area contributed by atoms with Crippen molar-refractivity contribution < 1.29 is 13.9 Å². The molecule has 0 spiro atoms. The standard InChI is InChI=1S/C18H12ClFN4O2/c19-18-21-8-12(20)17(24-18)23-13-4-2-1-3-11(13)10-5-6-15-14(7-10)22-16(25)9-26-15/h1-8H,9H2,(H,22,25)(H,21,23,24). The third kappa shape index (κ3) is 3.16. The predicted octanol–water partition coefficient (Wildman–Crippen LogP) is 4.01. The van der Waals surface area contributed by atoms with Crippen LogP contribution in [-0.2, 0) is 4.79 Å². The lowest BCUT2D eigenvalue weighted by molar-refractivity contribution is -0.118. The number of benzene rings is 2. The van der Waals surface area contributed by atoms with Gasteiger partial charge in [-0.1, -0.05) is 24.3 Å². The average molecular weight is 371 g/mol. The molecule has 1 aliphatic heterocycles. The van der Waals surface area contributed by atoms with Crippen molar-refractivity contribution in [2.75, 3.05) is 17.2 Å². The van der Waals surface area contributed by atoms with Gasteiger partial charge in [-0.15, -0.1) is 0 Å². The number of rotatable bonds is 3. The zero-order valence-corrected chi connectivity index (χ0v) is 14.0. The number of anilines is 3. The van der Waals surface area contributed by atoms with Crippen LogP contribution in [0.4, 0.5) is 21.6 Å². The van der Waals surface area contributed by atoms with E-state index in [0.717, 1.165) is 17.3 Å². The van der Waals surface area contributed by atoms with Gasteiger partial charge in [0, 0.05) is 11.3 Å². The molecule has 0 bridgehead atoms. The first-order valence-electron chi connectivity index (χ1n) is 7.71. The van der Waals surface area contributed by atoms with Gasteiger partial charge in [-0.25, -0.2) is 9.37 Å². The van der Waals surface area contributed by atoms with E-state index in [4.69, 9.17) is 16.3 Å². The van der Waals surface area contributed by atoms with Gasteiger partial charge in [0.25, 0.3) is 5.91 Å². The van der Waals surface area contributed by atoms with Gasteiger partial charge >= 0.3 is 0 Å². The number of nitrogens with zero attached hydrogens (tertiary/aromatic N) is 2. The van der Waals surface area contributed by atoms with Gasteiger partial charge in [0.05, 0.1) is 11.9 Å². The topological polar surface area (TPSA) is 76.1 Å². The summed E-state index contributed by atoms with van der Waals surface area (Å²) < 4.78 is 19.3. The second-order valence-electron chi connectivity index (χ2n) is 5.55. The minimum absolute atomic E-state index is 0.00175. The molecule has 2 aromatic carbocycles. The number of carbonyl (C=O) groups is 1. The highest BCUT2D eigenvalue weighted by Gasteiger charge is 2.17. The van der Waals surface area contributed by atoms with Crippen LogP contribution in [0, 0.1) is 5.82 Å². The van der Waals surface area contributed by atoms with Gasteiger partial charge in [-0.3, -0.25) is 4.79 Å². The Labute approximate surface area is 153 Å². The van der Waals surface area contributed by atoms with Crippen LogP contribution in [0.2, 0.25) is 5.28 Å². The van der Waals surface area contributed by atoms with Crippen LogP contribution in [0.5, 0.6) is 5.75 Å². The molecule has 0 unspecified atom stereocenters. The van der Waals surface area contributed by atoms with E-state index in [-0.39, 0.29) is 23.6 Å². The highest BCUT2D eigenvalue weighted by Crippen LogP contribution is 2.36. The predicted molar refractivity (Wildman–Crippen MR) is 96.3 cm³/mol. The summed E-state index contributed by atoms with van der Waals surface area (Å²) in [6.45, 7) is -0.00175. The van der Waals surface area contributed by atoms with E-state index >= 15 is 0 Å². The van der Waals surface area contributed by atoms with E-state index < -0.39 is 5.82 Å². The normalized spacial score (nSPS) is 12.8. The Balaban J connectivity index is 1.73. The number of hydrogen-bond acceptors (Lipinski definition) is 5. The zero-order chi connectivity index (χ0) is 18.1. The molecule has 1 aromatic heterocycles. The third-order valence-corrected chi connectivity index (χ3v) is 4.00. The summed E-state index contributed by atoms with van der Waals surface area (Å²) in [5.41, 5.74) is 2.83. The highest BCUT2D eigenvalue weighted by atomic mass is 35.5. The second kappa shape index (κ2) is 6.61. The minimum atomic E-state index is -0.615. The number of halogens is 2. The number of carbonyl (C=O) groups excluding carboxylic acids is 1. The Hall–Kier alpha value is -3.19. The number of ether oxygens (including phenoxy) is 1.